The Morgan fingerprint density at radius 3 is 1.62 bits per heavy atom. The first kappa shape index (κ1) is 33.0. The normalized spacial score (nSPS) is 13.1. The molecule has 0 atom stereocenters. The van der Waals surface area contributed by atoms with Crippen LogP contribution in [0, 0.1) is 0 Å². The number of hydrogen-bond acceptors (Lipinski definition) is 1. The van der Waals surface area contributed by atoms with Gasteiger partial charge in [-0.05, 0) is 123 Å². The third-order valence-electron chi connectivity index (χ3n) is 12.8. The second kappa shape index (κ2) is 12.4. The van der Waals surface area contributed by atoms with E-state index >= 15 is 0 Å². The summed E-state index contributed by atoms with van der Waals surface area (Å²) in [6, 6.07) is 71.4. The van der Waals surface area contributed by atoms with Crippen LogP contribution in [0.2, 0.25) is 0 Å². The SMILES string of the molecule is CC1(C)c2c(-c3cccc(-c4c5ccccc5c(-c5ccccc5-c5ccc6oc7ccccc7c6c5)c5ccccc45)c3)cccc2-c2ccc3ccccc3c21. The van der Waals surface area contributed by atoms with Crippen LogP contribution in [0.15, 0.2) is 199 Å². The van der Waals surface area contributed by atoms with Gasteiger partial charge in [0.05, 0.1) is 0 Å². The van der Waals surface area contributed by atoms with E-state index in [0.717, 1.165) is 21.9 Å². The predicted octanol–water partition coefficient (Wildman–Crippen LogP) is 16.0. The molecule has 10 aromatic carbocycles. The van der Waals surface area contributed by atoms with Crippen molar-refractivity contribution in [1.29, 1.82) is 0 Å². The van der Waals surface area contributed by atoms with E-state index in [4.69, 9.17) is 4.42 Å². The molecular weight excluding hydrogens is 701 g/mol. The average molecular weight is 739 g/mol. The van der Waals surface area contributed by atoms with Crippen LogP contribution >= 0.6 is 0 Å². The lowest BCUT2D eigenvalue weighted by molar-refractivity contribution is 0.668. The highest BCUT2D eigenvalue weighted by molar-refractivity contribution is 6.22. The highest BCUT2D eigenvalue weighted by Gasteiger charge is 2.39. The summed E-state index contributed by atoms with van der Waals surface area (Å²) < 4.78 is 6.23. The molecule has 1 heteroatoms. The van der Waals surface area contributed by atoms with Crippen LogP contribution in [0.3, 0.4) is 0 Å². The van der Waals surface area contributed by atoms with Gasteiger partial charge < -0.3 is 4.42 Å². The lowest BCUT2D eigenvalue weighted by atomic mass is 9.77. The molecule has 1 heterocycles. The molecule has 1 aliphatic carbocycles. The number of hydrogen-bond donors (Lipinski definition) is 0. The van der Waals surface area contributed by atoms with E-state index < -0.39 is 0 Å². The molecule has 0 radical (unpaired) electrons. The van der Waals surface area contributed by atoms with Crippen molar-refractivity contribution in [2.24, 2.45) is 0 Å². The molecule has 0 saturated carbocycles. The van der Waals surface area contributed by atoms with E-state index in [2.05, 4.69) is 196 Å². The van der Waals surface area contributed by atoms with Gasteiger partial charge in [-0.3, -0.25) is 0 Å². The number of fused-ring (bicyclic) bond motifs is 10. The molecule has 1 aromatic heterocycles. The van der Waals surface area contributed by atoms with Crippen molar-refractivity contribution in [3.8, 4) is 55.6 Å². The molecule has 0 aliphatic heterocycles. The van der Waals surface area contributed by atoms with Gasteiger partial charge in [0, 0.05) is 16.2 Å². The van der Waals surface area contributed by atoms with Gasteiger partial charge in [-0.2, -0.15) is 0 Å². The fourth-order valence-corrected chi connectivity index (χ4v) is 10.4. The third kappa shape index (κ3) is 4.71. The molecule has 0 bridgehead atoms. The summed E-state index contributed by atoms with van der Waals surface area (Å²) >= 11 is 0. The Bertz CT molecular complexity index is 3430. The second-order valence-corrected chi connectivity index (χ2v) is 16.3. The quantitative estimate of drug-likeness (QED) is 0.164. The molecule has 0 spiro atoms. The summed E-state index contributed by atoms with van der Waals surface area (Å²) in [6.45, 7) is 4.81. The minimum absolute atomic E-state index is 0.165. The topological polar surface area (TPSA) is 13.1 Å². The number of benzene rings is 10. The number of furan rings is 1. The van der Waals surface area contributed by atoms with Gasteiger partial charge in [0.25, 0.3) is 0 Å². The van der Waals surface area contributed by atoms with Gasteiger partial charge in [-0.25, -0.2) is 0 Å². The van der Waals surface area contributed by atoms with Crippen LogP contribution in [0.25, 0.3) is 110 Å². The Morgan fingerprint density at radius 1 is 0.310 bits per heavy atom. The molecule has 0 N–H and O–H groups in total. The van der Waals surface area contributed by atoms with E-state index in [1.54, 1.807) is 0 Å². The molecule has 0 unspecified atom stereocenters. The van der Waals surface area contributed by atoms with Crippen molar-refractivity contribution < 1.29 is 4.42 Å². The van der Waals surface area contributed by atoms with Crippen molar-refractivity contribution in [3.05, 3.63) is 205 Å². The van der Waals surface area contributed by atoms with Crippen LogP contribution in [0.1, 0.15) is 25.0 Å². The van der Waals surface area contributed by atoms with Crippen molar-refractivity contribution in [2.75, 3.05) is 0 Å². The highest BCUT2D eigenvalue weighted by Crippen LogP contribution is 2.55. The fourth-order valence-electron chi connectivity index (χ4n) is 10.4. The molecule has 1 aliphatic rings. The van der Waals surface area contributed by atoms with Gasteiger partial charge in [-0.15, -0.1) is 0 Å². The van der Waals surface area contributed by atoms with Crippen LogP contribution in [0.4, 0.5) is 0 Å². The third-order valence-corrected chi connectivity index (χ3v) is 12.8. The van der Waals surface area contributed by atoms with Gasteiger partial charge in [0.1, 0.15) is 11.2 Å². The van der Waals surface area contributed by atoms with E-state index in [-0.39, 0.29) is 5.41 Å². The minimum atomic E-state index is -0.165. The van der Waals surface area contributed by atoms with Gasteiger partial charge in [0.15, 0.2) is 0 Å². The lowest BCUT2D eigenvalue weighted by Crippen LogP contribution is -2.16. The van der Waals surface area contributed by atoms with Crippen LogP contribution < -0.4 is 0 Å². The maximum atomic E-state index is 6.23. The zero-order valence-electron chi connectivity index (χ0n) is 32.4. The maximum Gasteiger partial charge on any atom is 0.135 e. The molecule has 11 aromatic rings. The monoisotopic (exact) mass is 738 g/mol. The second-order valence-electron chi connectivity index (χ2n) is 16.3. The summed E-state index contributed by atoms with van der Waals surface area (Å²) in [6.07, 6.45) is 0. The summed E-state index contributed by atoms with van der Waals surface area (Å²) in [5, 5.41) is 9.90. The minimum Gasteiger partial charge on any atom is -0.456 e. The Kier molecular flexibility index (Phi) is 7.04. The smallest absolute Gasteiger partial charge is 0.135 e. The molecular formula is C57H38O. The first-order valence-corrected chi connectivity index (χ1v) is 20.3. The Labute approximate surface area is 337 Å². The summed E-state index contributed by atoms with van der Waals surface area (Å²) in [5.74, 6) is 0. The van der Waals surface area contributed by atoms with Gasteiger partial charge >= 0.3 is 0 Å². The van der Waals surface area contributed by atoms with Crippen molar-refractivity contribution >= 4 is 54.3 Å². The molecule has 0 fully saturated rings. The van der Waals surface area contributed by atoms with Crippen molar-refractivity contribution in [1.82, 2.24) is 0 Å². The van der Waals surface area contributed by atoms with Crippen molar-refractivity contribution in [3.63, 3.8) is 0 Å². The maximum absolute atomic E-state index is 6.23. The summed E-state index contributed by atoms with van der Waals surface area (Å²) in [7, 11) is 0. The zero-order chi connectivity index (χ0) is 38.5. The Hall–Kier alpha value is -7.22. The molecule has 272 valence electrons. The summed E-state index contributed by atoms with van der Waals surface area (Å²) in [5.41, 5.74) is 17.1. The standard InChI is InChI=1S/C57H38O/c1-57(2)55-40-19-4-3-15-35(40)29-31-49(55)48-27-14-26-41(56(48)57)36-16-13-17-38(33-36)53-44-22-7-9-24-46(44)54(47-25-10-8-23-45(47)53)43-21-6-5-18-39(43)37-30-32-52-50(34-37)42-20-11-12-28-51(42)58-52/h3-34H,1-2H3. The summed E-state index contributed by atoms with van der Waals surface area (Å²) in [4.78, 5) is 0. The first-order valence-electron chi connectivity index (χ1n) is 20.3. The van der Waals surface area contributed by atoms with Crippen molar-refractivity contribution in [2.45, 2.75) is 19.3 Å². The zero-order valence-corrected chi connectivity index (χ0v) is 32.4. The molecule has 1 nitrogen and oxygen atoms in total. The van der Waals surface area contributed by atoms with Gasteiger partial charge in [-0.1, -0.05) is 184 Å². The Balaban J connectivity index is 1.06. The predicted molar refractivity (Wildman–Crippen MR) is 246 cm³/mol. The van der Waals surface area contributed by atoms with E-state index in [1.165, 1.54) is 99.1 Å². The molecule has 12 rings (SSSR count). The fraction of sp³-hybridized carbons (Fsp3) is 0.0526. The molecule has 0 saturated heterocycles. The lowest BCUT2D eigenvalue weighted by Gasteiger charge is -2.26. The van der Waals surface area contributed by atoms with E-state index in [1.807, 2.05) is 12.1 Å². The largest absolute Gasteiger partial charge is 0.456 e. The number of para-hydroxylation sites is 1. The first-order chi connectivity index (χ1) is 28.5. The Morgan fingerprint density at radius 2 is 0.845 bits per heavy atom. The van der Waals surface area contributed by atoms with Crippen LogP contribution in [-0.4, -0.2) is 0 Å². The molecule has 58 heavy (non-hydrogen) atoms. The molecule has 0 amide bonds. The van der Waals surface area contributed by atoms with Gasteiger partial charge in [0.2, 0.25) is 0 Å². The average Bonchev–Trinajstić information content (AvgIpc) is 3.77. The van der Waals surface area contributed by atoms with E-state index in [9.17, 15) is 0 Å². The van der Waals surface area contributed by atoms with E-state index in [0.29, 0.717) is 0 Å². The number of rotatable bonds is 4. The van der Waals surface area contributed by atoms with Crippen LogP contribution in [0.5, 0.6) is 0 Å². The van der Waals surface area contributed by atoms with Crippen LogP contribution in [-0.2, 0) is 5.41 Å². The highest BCUT2D eigenvalue weighted by atomic mass is 16.3.